The van der Waals surface area contributed by atoms with Crippen molar-refractivity contribution in [2.24, 2.45) is 0 Å². The normalized spacial score (nSPS) is 19.0. The van der Waals surface area contributed by atoms with E-state index in [0.29, 0.717) is 5.56 Å². The fraction of sp³-hybridized carbons (Fsp3) is 0.250. The predicted molar refractivity (Wildman–Crippen MR) is 36.8 cm³/mol. The third-order valence-corrected chi connectivity index (χ3v) is 1.65. The van der Waals surface area contributed by atoms with Gasteiger partial charge in [-0.1, -0.05) is 6.07 Å². The van der Waals surface area contributed by atoms with Gasteiger partial charge in [-0.05, 0) is 6.07 Å². The molecule has 0 aliphatic carbocycles. The highest BCUT2D eigenvalue weighted by Crippen LogP contribution is 2.33. The van der Waals surface area contributed by atoms with Gasteiger partial charge >= 0.3 is 6.29 Å². The molecular formula is C8H5F3O2. The molecule has 1 aliphatic rings. The van der Waals surface area contributed by atoms with Crippen LogP contribution in [-0.2, 0) is 11.3 Å². The Balaban J connectivity index is 2.38. The maximum atomic E-state index is 12.6. The number of fused-ring (bicyclic) bond motifs is 1. The molecule has 0 radical (unpaired) electrons. The second-order valence-corrected chi connectivity index (χ2v) is 2.61. The molecule has 2 nitrogen and oxygen atoms in total. The van der Waals surface area contributed by atoms with Gasteiger partial charge in [0, 0.05) is 11.6 Å². The van der Waals surface area contributed by atoms with E-state index in [2.05, 4.69) is 9.47 Å². The summed E-state index contributed by atoms with van der Waals surface area (Å²) in [6.07, 6.45) is -3.65. The maximum absolute atomic E-state index is 12.6. The van der Waals surface area contributed by atoms with Crippen LogP contribution in [0.4, 0.5) is 13.2 Å². The van der Waals surface area contributed by atoms with Crippen LogP contribution >= 0.6 is 0 Å². The topological polar surface area (TPSA) is 18.5 Å². The molecule has 0 saturated carbocycles. The number of halogens is 3. The third kappa shape index (κ3) is 1.60. The molecule has 13 heavy (non-hydrogen) atoms. The van der Waals surface area contributed by atoms with Crippen molar-refractivity contribution in [2.45, 2.75) is 12.9 Å². The van der Waals surface area contributed by atoms with Gasteiger partial charge in [0.15, 0.2) is 0 Å². The molecular weight excluding hydrogens is 185 g/mol. The Morgan fingerprint density at radius 2 is 2.08 bits per heavy atom. The molecule has 0 amide bonds. The summed E-state index contributed by atoms with van der Waals surface area (Å²) in [5.74, 6) is -0.785. The van der Waals surface area contributed by atoms with Crippen LogP contribution in [0.15, 0.2) is 18.2 Å². The first-order chi connectivity index (χ1) is 6.07. The van der Waals surface area contributed by atoms with Gasteiger partial charge < -0.3 is 4.74 Å². The predicted octanol–water partition coefficient (Wildman–Crippen LogP) is 2.29. The first-order valence-corrected chi connectivity index (χ1v) is 3.56. The molecule has 1 heterocycles. The van der Waals surface area contributed by atoms with E-state index in [0.717, 1.165) is 12.1 Å². The summed E-state index contributed by atoms with van der Waals surface area (Å²) in [5, 5.41) is 0. The first-order valence-electron chi connectivity index (χ1n) is 3.56. The minimum atomic E-state index is -3.65. The third-order valence-electron chi connectivity index (χ3n) is 1.65. The van der Waals surface area contributed by atoms with Crippen molar-refractivity contribution in [1.82, 2.24) is 0 Å². The fourth-order valence-electron chi connectivity index (χ4n) is 1.06. The SMILES string of the molecule is Fc1ccc2c(c1)OC(F)(F)OC2. The smallest absolute Gasteiger partial charge is 0.409 e. The minimum Gasteiger partial charge on any atom is -0.409 e. The van der Waals surface area contributed by atoms with Gasteiger partial charge in [0.25, 0.3) is 0 Å². The van der Waals surface area contributed by atoms with E-state index in [1.807, 2.05) is 0 Å². The van der Waals surface area contributed by atoms with Crippen LogP contribution in [0.5, 0.6) is 5.75 Å². The summed E-state index contributed by atoms with van der Waals surface area (Å²) < 4.78 is 45.6. The van der Waals surface area contributed by atoms with Crippen LogP contribution in [0.3, 0.4) is 0 Å². The first kappa shape index (κ1) is 8.37. The second kappa shape index (κ2) is 2.63. The molecule has 2 rings (SSSR count). The Hall–Kier alpha value is -1.23. The van der Waals surface area contributed by atoms with Crippen LogP contribution in [-0.4, -0.2) is 6.29 Å². The summed E-state index contributed by atoms with van der Waals surface area (Å²) in [5.41, 5.74) is 0.410. The van der Waals surface area contributed by atoms with Crippen LogP contribution in [0.1, 0.15) is 5.56 Å². The van der Waals surface area contributed by atoms with E-state index in [1.165, 1.54) is 6.07 Å². The number of ether oxygens (including phenoxy) is 2. The molecule has 0 atom stereocenters. The quantitative estimate of drug-likeness (QED) is 0.624. The molecule has 0 spiro atoms. The fourth-order valence-corrected chi connectivity index (χ4v) is 1.06. The number of hydrogen-bond acceptors (Lipinski definition) is 2. The van der Waals surface area contributed by atoms with Gasteiger partial charge in [-0.15, -0.1) is 8.78 Å². The standard InChI is InChI=1S/C8H5F3O2/c9-6-2-1-5-4-12-8(10,11)13-7(5)3-6/h1-3H,4H2. The maximum Gasteiger partial charge on any atom is 0.535 e. The molecule has 0 saturated heterocycles. The monoisotopic (exact) mass is 190 g/mol. The van der Waals surface area contributed by atoms with Crippen molar-refractivity contribution in [3.8, 4) is 5.75 Å². The van der Waals surface area contributed by atoms with Crippen LogP contribution in [0.2, 0.25) is 0 Å². The highest BCUT2D eigenvalue weighted by Gasteiger charge is 2.38. The van der Waals surface area contributed by atoms with Gasteiger partial charge in [-0.25, -0.2) is 4.39 Å². The molecule has 5 heteroatoms. The number of hydrogen-bond donors (Lipinski definition) is 0. The Labute approximate surface area is 71.9 Å². The van der Waals surface area contributed by atoms with Gasteiger partial charge in [0.1, 0.15) is 11.6 Å². The Bertz CT molecular complexity index is 338. The average Bonchev–Trinajstić information content (AvgIpc) is 2.01. The second-order valence-electron chi connectivity index (χ2n) is 2.61. The zero-order chi connectivity index (χ0) is 9.47. The van der Waals surface area contributed by atoms with Crippen molar-refractivity contribution < 1.29 is 22.6 Å². The van der Waals surface area contributed by atoms with Crippen LogP contribution < -0.4 is 4.74 Å². The lowest BCUT2D eigenvalue weighted by Crippen LogP contribution is -2.32. The van der Waals surface area contributed by atoms with E-state index >= 15 is 0 Å². The van der Waals surface area contributed by atoms with Crippen LogP contribution in [0.25, 0.3) is 0 Å². The largest absolute Gasteiger partial charge is 0.535 e. The zero-order valence-electron chi connectivity index (χ0n) is 6.39. The summed E-state index contributed by atoms with van der Waals surface area (Å²) in [6, 6.07) is 3.42. The molecule has 0 fully saturated rings. The lowest BCUT2D eigenvalue weighted by atomic mass is 10.2. The minimum absolute atomic E-state index is 0.170. The van der Waals surface area contributed by atoms with E-state index in [-0.39, 0.29) is 12.4 Å². The van der Waals surface area contributed by atoms with Crippen molar-refractivity contribution >= 4 is 0 Å². The summed E-state index contributed by atoms with van der Waals surface area (Å²) in [7, 11) is 0. The van der Waals surface area contributed by atoms with Gasteiger partial charge in [0.05, 0.1) is 6.61 Å². The molecule has 0 aromatic heterocycles. The zero-order valence-corrected chi connectivity index (χ0v) is 6.39. The van der Waals surface area contributed by atoms with Crippen molar-refractivity contribution in [1.29, 1.82) is 0 Å². The number of benzene rings is 1. The summed E-state index contributed by atoms with van der Waals surface area (Å²) >= 11 is 0. The molecule has 0 bridgehead atoms. The van der Waals surface area contributed by atoms with Gasteiger partial charge in [0.2, 0.25) is 0 Å². The average molecular weight is 190 g/mol. The van der Waals surface area contributed by atoms with E-state index in [9.17, 15) is 13.2 Å². The molecule has 70 valence electrons. The van der Waals surface area contributed by atoms with Gasteiger partial charge in [-0.3, -0.25) is 4.74 Å². The highest BCUT2D eigenvalue weighted by atomic mass is 19.3. The summed E-state index contributed by atoms with van der Waals surface area (Å²) in [4.78, 5) is 0. The molecule has 1 aromatic rings. The molecule has 0 unspecified atom stereocenters. The van der Waals surface area contributed by atoms with E-state index < -0.39 is 12.1 Å². The van der Waals surface area contributed by atoms with E-state index in [4.69, 9.17) is 0 Å². The molecule has 0 N–H and O–H groups in total. The Kier molecular flexibility index (Phi) is 1.69. The van der Waals surface area contributed by atoms with Crippen molar-refractivity contribution in [2.75, 3.05) is 0 Å². The summed E-state index contributed by atoms with van der Waals surface area (Å²) in [6.45, 7) is -0.275. The lowest BCUT2D eigenvalue weighted by Gasteiger charge is -2.24. The lowest BCUT2D eigenvalue weighted by molar-refractivity contribution is -0.368. The Morgan fingerprint density at radius 1 is 1.31 bits per heavy atom. The Morgan fingerprint density at radius 3 is 2.85 bits per heavy atom. The number of alkyl halides is 2. The van der Waals surface area contributed by atoms with Crippen molar-refractivity contribution in [3.63, 3.8) is 0 Å². The molecule has 1 aromatic carbocycles. The number of rotatable bonds is 0. The van der Waals surface area contributed by atoms with Crippen molar-refractivity contribution in [3.05, 3.63) is 29.6 Å². The highest BCUT2D eigenvalue weighted by molar-refractivity contribution is 5.34. The van der Waals surface area contributed by atoms with E-state index in [1.54, 1.807) is 0 Å². The molecule has 1 aliphatic heterocycles. The van der Waals surface area contributed by atoms with Crippen LogP contribution in [0, 0.1) is 5.82 Å². The van der Waals surface area contributed by atoms with Gasteiger partial charge in [-0.2, -0.15) is 0 Å².